The fourth-order valence-electron chi connectivity index (χ4n) is 2.08. The van der Waals surface area contributed by atoms with Crippen molar-refractivity contribution in [3.63, 3.8) is 0 Å². The lowest BCUT2D eigenvalue weighted by molar-refractivity contribution is -0.453. The summed E-state index contributed by atoms with van der Waals surface area (Å²) in [7, 11) is 4.28. The highest BCUT2D eigenvalue weighted by Crippen LogP contribution is 2.23. The zero-order valence-electron chi connectivity index (χ0n) is 9.12. The first-order chi connectivity index (χ1) is 6.68. The first-order valence-electron chi connectivity index (χ1n) is 5.11. The topological polar surface area (TPSA) is 3.01 Å². The second-order valence-electron chi connectivity index (χ2n) is 4.24. The van der Waals surface area contributed by atoms with Gasteiger partial charge in [-0.1, -0.05) is 35.4 Å². The van der Waals surface area contributed by atoms with E-state index in [0.717, 1.165) is 6.32 Å². The summed E-state index contributed by atoms with van der Waals surface area (Å²) in [6, 6.07) is 8.70. The predicted molar refractivity (Wildman–Crippen MR) is 61.7 cm³/mol. The van der Waals surface area contributed by atoms with Gasteiger partial charge in [0.05, 0.1) is 14.1 Å². The van der Waals surface area contributed by atoms with Crippen LogP contribution in [0.3, 0.4) is 0 Å². The molecule has 1 aliphatic heterocycles. The number of rotatable bonds is 0. The summed E-state index contributed by atoms with van der Waals surface area (Å²) >= 11 is 0. The number of hydrogen-bond acceptors (Lipinski definition) is 0. The predicted octanol–water partition coefficient (Wildman–Crippen LogP) is 2.26. The Balaban J connectivity index is 2.55. The maximum Gasteiger partial charge on any atom is 0.189 e. The number of nitrogens with zero attached hydrogens (tertiary/aromatic N) is 1. The molecule has 0 atom stereocenters. The first kappa shape index (κ1) is 9.38. The maximum atomic E-state index is 2.36. The Bertz CT molecular complexity index is 426. The van der Waals surface area contributed by atoms with E-state index < -0.39 is 0 Å². The molecule has 2 rings (SSSR count). The Hall–Kier alpha value is -1.18. The van der Waals surface area contributed by atoms with Gasteiger partial charge in [0, 0.05) is 0 Å². The molecular weight excluding hydrogens is 169 g/mol. The molecule has 0 bridgehead atoms. The molecule has 0 N–H and O–H groups in total. The van der Waals surface area contributed by atoms with Crippen LogP contribution in [0.25, 0.3) is 5.57 Å². The lowest BCUT2D eigenvalue weighted by atomic mass is 9.59. The van der Waals surface area contributed by atoms with Gasteiger partial charge in [-0.25, -0.2) is 0 Å². The van der Waals surface area contributed by atoms with Crippen LogP contribution in [0.4, 0.5) is 0 Å². The monoisotopic (exact) mass is 185 g/mol. The molecule has 0 aliphatic carbocycles. The van der Waals surface area contributed by atoms with Crippen molar-refractivity contribution in [3.05, 3.63) is 41.4 Å². The average molecular weight is 185 g/mol. The summed E-state index contributed by atoms with van der Waals surface area (Å²) in [5.41, 5.74) is 4.31. The van der Waals surface area contributed by atoms with Crippen molar-refractivity contribution in [1.29, 1.82) is 0 Å². The van der Waals surface area contributed by atoms with Crippen molar-refractivity contribution in [3.8, 4) is 0 Å². The summed E-state index contributed by atoms with van der Waals surface area (Å²) in [5.74, 6) is 2.36. The molecule has 72 valence electrons. The molecular formula is C12H16BN. The van der Waals surface area contributed by atoms with Gasteiger partial charge in [-0.3, -0.25) is 0 Å². The minimum atomic E-state index is 0.560. The van der Waals surface area contributed by atoms with Gasteiger partial charge in [-0.2, -0.15) is 5.98 Å². The SMILES string of the molecule is CC1=C[B-](=[N+](C)C)Cc2ccccc21. The van der Waals surface area contributed by atoms with Crippen molar-refractivity contribution in [2.45, 2.75) is 13.2 Å². The minimum Gasteiger partial charge on any atom is -0.501 e. The van der Waals surface area contributed by atoms with E-state index in [2.05, 4.69) is 55.7 Å². The highest BCUT2D eigenvalue weighted by molar-refractivity contribution is 6.51. The van der Waals surface area contributed by atoms with Gasteiger partial charge in [0.1, 0.15) is 0 Å². The molecule has 0 radical (unpaired) electrons. The molecule has 0 saturated carbocycles. The molecule has 1 aromatic carbocycles. The van der Waals surface area contributed by atoms with Crippen LogP contribution < -0.4 is 0 Å². The lowest BCUT2D eigenvalue weighted by Crippen LogP contribution is -2.20. The number of benzene rings is 1. The third-order valence-corrected chi connectivity index (χ3v) is 2.98. The molecule has 0 unspecified atom stereocenters. The lowest BCUT2D eigenvalue weighted by Gasteiger charge is -2.21. The van der Waals surface area contributed by atoms with E-state index in [4.69, 9.17) is 0 Å². The third kappa shape index (κ3) is 1.57. The van der Waals surface area contributed by atoms with Crippen LogP contribution in [0.2, 0.25) is 0 Å². The van der Waals surface area contributed by atoms with Crippen LogP contribution >= 0.6 is 0 Å². The zero-order chi connectivity index (χ0) is 10.1. The summed E-state index contributed by atoms with van der Waals surface area (Å²) in [6.45, 7) is 2.76. The van der Waals surface area contributed by atoms with E-state index in [1.54, 1.807) is 0 Å². The van der Waals surface area contributed by atoms with E-state index in [1.807, 2.05) is 0 Å². The summed E-state index contributed by atoms with van der Waals surface area (Å²) in [4.78, 5) is 0. The van der Waals surface area contributed by atoms with Crippen LogP contribution in [0, 0.1) is 0 Å². The highest BCUT2D eigenvalue weighted by Gasteiger charge is 2.10. The van der Waals surface area contributed by atoms with Crippen molar-refractivity contribution < 1.29 is 4.48 Å². The molecule has 0 fully saturated rings. The second kappa shape index (κ2) is 3.53. The fourth-order valence-corrected chi connectivity index (χ4v) is 2.08. The highest BCUT2D eigenvalue weighted by atomic mass is 14.9. The molecule has 0 amide bonds. The first-order valence-corrected chi connectivity index (χ1v) is 5.11. The largest absolute Gasteiger partial charge is 0.501 e. The van der Waals surface area contributed by atoms with Crippen molar-refractivity contribution >= 4 is 12.1 Å². The quantitative estimate of drug-likeness (QED) is 0.545. The Kier molecular flexibility index (Phi) is 2.36. The Morgan fingerprint density at radius 1 is 1.21 bits per heavy atom. The van der Waals surface area contributed by atoms with E-state index in [9.17, 15) is 0 Å². The zero-order valence-corrected chi connectivity index (χ0v) is 9.12. The smallest absolute Gasteiger partial charge is 0.189 e. The molecule has 0 spiro atoms. The van der Waals surface area contributed by atoms with Crippen LogP contribution in [-0.2, 0) is 6.32 Å². The van der Waals surface area contributed by atoms with Crippen molar-refractivity contribution in [2.75, 3.05) is 14.1 Å². The van der Waals surface area contributed by atoms with E-state index in [-0.39, 0.29) is 0 Å². The van der Waals surface area contributed by atoms with Crippen LogP contribution in [-0.4, -0.2) is 25.1 Å². The Morgan fingerprint density at radius 2 is 1.93 bits per heavy atom. The average Bonchev–Trinajstić information content (AvgIpc) is 2.17. The third-order valence-electron chi connectivity index (χ3n) is 2.98. The summed E-state index contributed by atoms with van der Waals surface area (Å²) in [5, 5.41) is 0. The van der Waals surface area contributed by atoms with Crippen LogP contribution in [0.5, 0.6) is 0 Å². The number of fused-ring (bicyclic) bond motifs is 1. The maximum absolute atomic E-state index is 2.36. The van der Waals surface area contributed by atoms with Gasteiger partial charge in [-0.05, 0) is 12.5 Å². The molecule has 1 heterocycles. The van der Waals surface area contributed by atoms with E-state index in [1.165, 1.54) is 16.7 Å². The van der Waals surface area contributed by atoms with Gasteiger partial charge in [-0.15, -0.1) is 6.32 Å². The van der Waals surface area contributed by atoms with E-state index >= 15 is 0 Å². The Labute approximate surface area is 85.9 Å². The molecule has 0 saturated heterocycles. The summed E-state index contributed by atoms with van der Waals surface area (Å²) < 4.78 is 2.28. The fraction of sp³-hybridized carbons (Fsp3) is 0.333. The van der Waals surface area contributed by atoms with Gasteiger partial charge >= 0.3 is 0 Å². The number of allylic oxidation sites excluding steroid dienone is 1. The molecule has 1 aliphatic rings. The minimum absolute atomic E-state index is 0.560. The van der Waals surface area contributed by atoms with Gasteiger partial charge in [0.2, 0.25) is 0 Å². The molecule has 14 heavy (non-hydrogen) atoms. The molecule has 1 aromatic rings. The normalized spacial score (nSPS) is 14.8. The summed E-state index contributed by atoms with van der Waals surface area (Å²) in [6.07, 6.45) is 1.14. The molecule has 1 nitrogen and oxygen atoms in total. The van der Waals surface area contributed by atoms with E-state index in [0.29, 0.717) is 6.51 Å². The molecule has 2 heteroatoms. The van der Waals surface area contributed by atoms with Crippen molar-refractivity contribution in [2.24, 2.45) is 0 Å². The Morgan fingerprint density at radius 3 is 2.64 bits per heavy atom. The van der Waals surface area contributed by atoms with Gasteiger partial charge in [0.15, 0.2) is 6.51 Å². The van der Waals surface area contributed by atoms with Crippen molar-refractivity contribution in [1.82, 2.24) is 0 Å². The standard InChI is InChI=1S/C12H16BN/c1-10-8-13(14(2)3)9-11-6-4-5-7-12(10)11/h4-8H,9H2,1-3H3. The second-order valence-corrected chi connectivity index (χ2v) is 4.24. The van der Waals surface area contributed by atoms with Gasteiger partial charge in [0.25, 0.3) is 0 Å². The van der Waals surface area contributed by atoms with Gasteiger partial charge < -0.3 is 4.48 Å². The van der Waals surface area contributed by atoms with Crippen LogP contribution in [0.15, 0.2) is 30.2 Å². The van der Waals surface area contributed by atoms with Crippen LogP contribution in [0.1, 0.15) is 18.1 Å². The number of hydrogen-bond donors (Lipinski definition) is 0. The molecule has 0 aromatic heterocycles.